The fourth-order valence-electron chi connectivity index (χ4n) is 1.93. The quantitative estimate of drug-likeness (QED) is 0.796. The number of rotatable bonds is 2. The molecule has 1 amide bonds. The van der Waals surface area contributed by atoms with Crippen LogP contribution in [0.25, 0.3) is 0 Å². The first-order valence-corrected chi connectivity index (χ1v) is 5.54. The zero-order chi connectivity index (χ0) is 12.3. The third-order valence-electron chi connectivity index (χ3n) is 2.76. The Labute approximate surface area is 99.1 Å². The summed E-state index contributed by atoms with van der Waals surface area (Å²) < 4.78 is 0. The Hall–Kier alpha value is -2.16. The number of hydrogen-bond donors (Lipinski definition) is 1. The van der Waals surface area contributed by atoms with Gasteiger partial charge in [0.1, 0.15) is 6.07 Å². The van der Waals surface area contributed by atoms with E-state index in [4.69, 9.17) is 11.0 Å². The minimum absolute atomic E-state index is 0.144. The van der Waals surface area contributed by atoms with Crippen molar-refractivity contribution in [3.05, 3.63) is 17.6 Å². The lowest BCUT2D eigenvalue weighted by Crippen LogP contribution is -2.33. The Balaban J connectivity index is 2.41. The van der Waals surface area contributed by atoms with E-state index in [1.807, 2.05) is 11.0 Å². The Bertz CT molecular complexity index is 473. The number of nitriles is 1. The summed E-state index contributed by atoms with van der Waals surface area (Å²) in [4.78, 5) is 21.3. The van der Waals surface area contributed by atoms with Gasteiger partial charge in [0.25, 0.3) is 5.91 Å². The average Bonchev–Trinajstić information content (AvgIpc) is 2.39. The molecule has 1 aromatic heterocycles. The van der Waals surface area contributed by atoms with Gasteiger partial charge in [-0.05, 0) is 19.3 Å². The minimum atomic E-state index is -0.609. The minimum Gasteiger partial charge on any atom is -0.364 e. The van der Waals surface area contributed by atoms with E-state index in [2.05, 4.69) is 9.97 Å². The van der Waals surface area contributed by atoms with Crippen LogP contribution in [0.3, 0.4) is 0 Å². The van der Waals surface area contributed by atoms with Crippen LogP contribution in [-0.4, -0.2) is 29.0 Å². The number of piperidine rings is 1. The van der Waals surface area contributed by atoms with Gasteiger partial charge in [0.15, 0.2) is 17.2 Å². The summed E-state index contributed by atoms with van der Waals surface area (Å²) >= 11 is 0. The fraction of sp³-hybridized carbons (Fsp3) is 0.455. The molecule has 1 aliphatic rings. The van der Waals surface area contributed by atoms with Gasteiger partial charge >= 0.3 is 0 Å². The molecular formula is C11H13N5O. The predicted molar refractivity (Wildman–Crippen MR) is 61.3 cm³/mol. The van der Waals surface area contributed by atoms with Crippen molar-refractivity contribution in [2.24, 2.45) is 5.73 Å². The Morgan fingerprint density at radius 1 is 1.41 bits per heavy atom. The van der Waals surface area contributed by atoms with Crippen LogP contribution in [0.15, 0.2) is 6.20 Å². The Kier molecular flexibility index (Phi) is 3.19. The van der Waals surface area contributed by atoms with E-state index in [-0.39, 0.29) is 11.4 Å². The van der Waals surface area contributed by atoms with Crippen LogP contribution in [0.1, 0.15) is 35.4 Å². The molecule has 0 saturated carbocycles. The molecule has 1 saturated heterocycles. The molecule has 0 aliphatic carbocycles. The van der Waals surface area contributed by atoms with Crippen molar-refractivity contribution in [3.63, 3.8) is 0 Å². The highest BCUT2D eigenvalue weighted by Crippen LogP contribution is 2.20. The van der Waals surface area contributed by atoms with E-state index < -0.39 is 5.91 Å². The van der Waals surface area contributed by atoms with Crippen molar-refractivity contribution < 1.29 is 4.79 Å². The smallest absolute Gasteiger partial charge is 0.271 e. The predicted octanol–water partition coefficient (Wildman–Crippen LogP) is 0.437. The van der Waals surface area contributed by atoms with Crippen LogP contribution < -0.4 is 10.6 Å². The molecular weight excluding hydrogens is 218 g/mol. The SMILES string of the molecule is N#Cc1cnc(C(N)=O)c(N2CCCCC2)n1. The second kappa shape index (κ2) is 4.78. The van der Waals surface area contributed by atoms with E-state index >= 15 is 0 Å². The summed E-state index contributed by atoms with van der Waals surface area (Å²) in [6.45, 7) is 1.65. The number of nitrogens with two attached hydrogens (primary N) is 1. The molecule has 2 N–H and O–H groups in total. The first-order valence-electron chi connectivity index (χ1n) is 5.54. The highest BCUT2D eigenvalue weighted by molar-refractivity contribution is 5.95. The summed E-state index contributed by atoms with van der Waals surface area (Å²) in [6.07, 6.45) is 4.55. The molecule has 1 aliphatic heterocycles. The number of primary amides is 1. The molecule has 1 aromatic rings. The number of carbonyl (C=O) groups excluding carboxylic acids is 1. The summed E-state index contributed by atoms with van der Waals surface area (Å²) in [6, 6.07) is 1.92. The van der Waals surface area contributed by atoms with Crippen molar-refractivity contribution in [1.29, 1.82) is 5.26 Å². The molecule has 0 atom stereocenters. The second-order valence-electron chi connectivity index (χ2n) is 3.95. The molecule has 6 heteroatoms. The van der Waals surface area contributed by atoms with Gasteiger partial charge in [0.2, 0.25) is 0 Å². The standard InChI is InChI=1S/C11H13N5O/c12-6-8-7-14-9(10(13)17)11(15-8)16-4-2-1-3-5-16/h7H,1-5H2,(H2,13,17). The Morgan fingerprint density at radius 2 is 2.12 bits per heavy atom. The highest BCUT2D eigenvalue weighted by atomic mass is 16.1. The Morgan fingerprint density at radius 3 is 2.71 bits per heavy atom. The molecule has 0 bridgehead atoms. The van der Waals surface area contributed by atoms with Gasteiger partial charge in [-0.2, -0.15) is 5.26 Å². The maximum Gasteiger partial charge on any atom is 0.271 e. The van der Waals surface area contributed by atoms with Crippen molar-refractivity contribution >= 4 is 11.7 Å². The zero-order valence-corrected chi connectivity index (χ0v) is 9.39. The molecule has 88 valence electrons. The molecule has 0 radical (unpaired) electrons. The fourth-order valence-corrected chi connectivity index (χ4v) is 1.93. The highest BCUT2D eigenvalue weighted by Gasteiger charge is 2.20. The zero-order valence-electron chi connectivity index (χ0n) is 9.39. The third kappa shape index (κ3) is 2.33. The summed E-state index contributed by atoms with van der Waals surface area (Å²) in [7, 11) is 0. The van der Waals surface area contributed by atoms with Crippen molar-refractivity contribution in [2.45, 2.75) is 19.3 Å². The molecule has 0 aromatic carbocycles. The number of amides is 1. The molecule has 6 nitrogen and oxygen atoms in total. The van der Waals surface area contributed by atoms with Gasteiger partial charge in [-0.15, -0.1) is 0 Å². The van der Waals surface area contributed by atoms with Gasteiger partial charge < -0.3 is 10.6 Å². The van der Waals surface area contributed by atoms with Crippen molar-refractivity contribution in [3.8, 4) is 6.07 Å². The maximum atomic E-state index is 11.3. The van der Waals surface area contributed by atoms with Gasteiger partial charge in [-0.1, -0.05) is 0 Å². The first-order chi connectivity index (χ1) is 8.22. The van der Waals surface area contributed by atoms with Crippen molar-refractivity contribution in [1.82, 2.24) is 9.97 Å². The average molecular weight is 231 g/mol. The number of nitrogens with zero attached hydrogens (tertiary/aromatic N) is 4. The van der Waals surface area contributed by atoms with Crippen LogP contribution >= 0.6 is 0 Å². The molecule has 0 spiro atoms. The third-order valence-corrected chi connectivity index (χ3v) is 2.76. The molecule has 1 fully saturated rings. The van der Waals surface area contributed by atoms with E-state index in [9.17, 15) is 4.79 Å². The lowest BCUT2D eigenvalue weighted by atomic mass is 10.1. The molecule has 2 rings (SSSR count). The van der Waals surface area contributed by atoms with E-state index in [1.165, 1.54) is 12.6 Å². The monoisotopic (exact) mass is 231 g/mol. The maximum absolute atomic E-state index is 11.3. The molecule has 17 heavy (non-hydrogen) atoms. The summed E-state index contributed by atoms with van der Waals surface area (Å²) in [5.74, 6) is -0.168. The number of carbonyl (C=O) groups is 1. The van der Waals surface area contributed by atoms with Gasteiger partial charge in [0.05, 0.1) is 6.20 Å². The van der Waals surface area contributed by atoms with E-state index in [0.717, 1.165) is 25.9 Å². The summed E-state index contributed by atoms with van der Waals surface area (Å²) in [5, 5.41) is 8.80. The normalized spacial score (nSPS) is 15.4. The topological polar surface area (TPSA) is 95.9 Å². The van der Waals surface area contributed by atoms with E-state index in [1.54, 1.807) is 0 Å². The van der Waals surface area contributed by atoms with Gasteiger partial charge in [-0.25, -0.2) is 9.97 Å². The van der Waals surface area contributed by atoms with Crippen LogP contribution in [0.2, 0.25) is 0 Å². The second-order valence-corrected chi connectivity index (χ2v) is 3.95. The van der Waals surface area contributed by atoms with Crippen LogP contribution in [0, 0.1) is 11.3 Å². The van der Waals surface area contributed by atoms with Crippen LogP contribution in [-0.2, 0) is 0 Å². The lowest BCUT2D eigenvalue weighted by Gasteiger charge is -2.28. The summed E-state index contributed by atoms with van der Waals surface area (Å²) in [5.41, 5.74) is 5.61. The molecule has 2 heterocycles. The lowest BCUT2D eigenvalue weighted by molar-refractivity contribution is 0.0995. The van der Waals surface area contributed by atoms with Gasteiger partial charge in [0, 0.05) is 13.1 Å². The number of aromatic nitrogens is 2. The largest absolute Gasteiger partial charge is 0.364 e. The molecule has 0 unspecified atom stereocenters. The van der Waals surface area contributed by atoms with Gasteiger partial charge in [-0.3, -0.25) is 4.79 Å². The first kappa shape index (κ1) is 11.3. The van der Waals surface area contributed by atoms with Crippen molar-refractivity contribution in [2.75, 3.05) is 18.0 Å². The number of anilines is 1. The van der Waals surface area contributed by atoms with Crippen LogP contribution in [0.4, 0.5) is 5.82 Å². The van der Waals surface area contributed by atoms with E-state index in [0.29, 0.717) is 5.82 Å². The van der Waals surface area contributed by atoms with Crippen LogP contribution in [0.5, 0.6) is 0 Å². The number of hydrogen-bond acceptors (Lipinski definition) is 5.